The molecule has 2 N–H and O–H groups in total. The summed E-state index contributed by atoms with van der Waals surface area (Å²) in [6, 6.07) is 1.52. The predicted molar refractivity (Wildman–Crippen MR) is 107 cm³/mol. The lowest BCUT2D eigenvalue weighted by atomic mass is 10.1. The molecule has 1 aromatic heterocycles. The van der Waals surface area contributed by atoms with Gasteiger partial charge in [0.1, 0.15) is 10.6 Å². The van der Waals surface area contributed by atoms with E-state index in [-0.39, 0.29) is 35.8 Å². The Kier molecular flexibility index (Phi) is 6.06. The fourth-order valence-corrected chi connectivity index (χ4v) is 4.98. The van der Waals surface area contributed by atoms with Crippen molar-refractivity contribution in [3.8, 4) is 0 Å². The third-order valence-electron chi connectivity index (χ3n) is 4.90. The van der Waals surface area contributed by atoms with Gasteiger partial charge < -0.3 is 15.2 Å². The minimum Gasteiger partial charge on any atom is -0.477 e. The SMILES string of the molecule is CCCCOC(=O)NC1(C)S[C@@H]2CC(=O)N2C(C(=O)O)=C1n1ccc(=NC=O)n1C. The van der Waals surface area contributed by atoms with Gasteiger partial charge in [0.25, 0.3) is 0 Å². The molecule has 11 nitrogen and oxygen atoms in total. The number of rotatable bonds is 7. The third kappa shape index (κ3) is 3.74. The number of unbranched alkanes of at least 4 members (excludes halogenated alkanes) is 1. The summed E-state index contributed by atoms with van der Waals surface area (Å²) >= 11 is 1.25. The van der Waals surface area contributed by atoms with Gasteiger partial charge in [-0.3, -0.25) is 23.9 Å². The maximum Gasteiger partial charge on any atom is 0.408 e. The Bertz CT molecular complexity index is 995. The molecule has 3 amide bonds. The molecule has 162 valence electrons. The van der Waals surface area contributed by atoms with E-state index in [9.17, 15) is 24.3 Å². The zero-order valence-electron chi connectivity index (χ0n) is 16.8. The molecule has 2 aliphatic heterocycles. The number of aliphatic carboxylic acids is 1. The Labute approximate surface area is 176 Å². The maximum absolute atomic E-state index is 12.4. The summed E-state index contributed by atoms with van der Waals surface area (Å²) in [6.07, 6.45) is 2.93. The number of carboxylic acid groups (broad SMARTS) is 1. The molecule has 2 atom stereocenters. The summed E-state index contributed by atoms with van der Waals surface area (Å²) in [5.41, 5.74) is 0.180. The van der Waals surface area contributed by atoms with Crippen LogP contribution >= 0.6 is 11.8 Å². The second kappa shape index (κ2) is 8.38. The smallest absolute Gasteiger partial charge is 0.408 e. The highest BCUT2D eigenvalue weighted by Crippen LogP contribution is 2.50. The van der Waals surface area contributed by atoms with Crippen molar-refractivity contribution in [2.75, 3.05) is 6.61 Å². The molecule has 1 aromatic rings. The zero-order chi connectivity index (χ0) is 22.1. The Morgan fingerprint density at radius 3 is 2.83 bits per heavy atom. The number of carboxylic acids is 1. The van der Waals surface area contributed by atoms with E-state index in [0.717, 1.165) is 6.42 Å². The van der Waals surface area contributed by atoms with Crippen molar-refractivity contribution in [2.24, 2.45) is 12.0 Å². The van der Waals surface area contributed by atoms with Gasteiger partial charge in [0, 0.05) is 19.3 Å². The molecule has 0 radical (unpaired) electrons. The summed E-state index contributed by atoms with van der Waals surface area (Å²) in [7, 11) is 1.59. The van der Waals surface area contributed by atoms with Crippen molar-refractivity contribution < 1.29 is 29.0 Å². The Hall–Kier alpha value is -3.02. The molecule has 12 heteroatoms. The van der Waals surface area contributed by atoms with Crippen molar-refractivity contribution in [3.63, 3.8) is 0 Å². The topological polar surface area (TPSA) is 135 Å². The molecule has 1 fully saturated rings. The molecule has 30 heavy (non-hydrogen) atoms. The van der Waals surface area contributed by atoms with Gasteiger partial charge in [0.15, 0.2) is 11.2 Å². The number of β-lactam (4-membered cyclic amide) rings is 1. The molecule has 1 saturated heterocycles. The Balaban J connectivity index is 2.13. The van der Waals surface area contributed by atoms with Crippen molar-refractivity contribution >= 4 is 41.8 Å². The van der Waals surface area contributed by atoms with E-state index in [0.29, 0.717) is 12.8 Å². The van der Waals surface area contributed by atoms with Crippen molar-refractivity contribution in [2.45, 2.75) is 43.4 Å². The minimum atomic E-state index is -1.31. The van der Waals surface area contributed by atoms with Gasteiger partial charge in [-0.15, -0.1) is 11.8 Å². The first-order chi connectivity index (χ1) is 14.2. The lowest BCUT2D eigenvalue weighted by molar-refractivity contribution is -0.146. The van der Waals surface area contributed by atoms with Gasteiger partial charge in [-0.25, -0.2) is 9.59 Å². The number of aromatic nitrogens is 2. The van der Waals surface area contributed by atoms with Gasteiger partial charge >= 0.3 is 12.1 Å². The molecule has 0 aromatic carbocycles. The van der Waals surface area contributed by atoms with Crippen LogP contribution in [0.3, 0.4) is 0 Å². The third-order valence-corrected chi connectivity index (χ3v) is 6.32. The molecule has 1 unspecified atom stereocenters. The molecule has 0 spiro atoms. The average molecular weight is 437 g/mol. The zero-order valence-corrected chi connectivity index (χ0v) is 17.6. The summed E-state index contributed by atoms with van der Waals surface area (Å²) in [4.78, 5) is 51.3. The molecular weight excluding hydrogens is 414 g/mol. The van der Waals surface area contributed by atoms with Gasteiger partial charge in [0.2, 0.25) is 12.3 Å². The first-order valence-electron chi connectivity index (χ1n) is 9.39. The largest absolute Gasteiger partial charge is 0.477 e. The summed E-state index contributed by atoms with van der Waals surface area (Å²) in [5, 5.41) is 12.3. The van der Waals surface area contributed by atoms with Crippen LogP contribution in [0.4, 0.5) is 4.79 Å². The van der Waals surface area contributed by atoms with Crippen LogP contribution in [-0.2, 0) is 26.2 Å². The highest BCUT2D eigenvalue weighted by molar-refractivity contribution is 8.01. The molecular formula is C18H23N5O6S. The van der Waals surface area contributed by atoms with E-state index in [1.54, 1.807) is 14.0 Å². The fourth-order valence-electron chi connectivity index (χ4n) is 3.44. The van der Waals surface area contributed by atoms with Crippen LogP contribution < -0.4 is 10.8 Å². The van der Waals surface area contributed by atoms with Crippen LogP contribution in [0.25, 0.3) is 5.70 Å². The summed E-state index contributed by atoms with van der Waals surface area (Å²) < 4.78 is 8.12. The van der Waals surface area contributed by atoms with E-state index in [2.05, 4.69) is 10.3 Å². The number of nitrogens with zero attached hydrogens (tertiary/aromatic N) is 4. The normalized spacial score (nSPS) is 23.7. The van der Waals surface area contributed by atoms with Crippen LogP contribution in [0.15, 0.2) is 23.0 Å². The molecule has 2 aliphatic rings. The van der Waals surface area contributed by atoms with E-state index < -0.39 is 22.3 Å². The van der Waals surface area contributed by atoms with Gasteiger partial charge in [-0.05, 0) is 13.3 Å². The van der Waals surface area contributed by atoms with Crippen molar-refractivity contribution in [3.05, 3.63) is 23.4 Å². The van der Waals surface area contributed by atoms with E-state index in [1.807, 2.05) is 6.92 Å². The highest BCUT2D eigenvalue weighted by Gasteiger charge is 2.54. The maximum atomic E-state index is 12.4. The lowest BCUT2D eigenvalue weighted by Crippen LogP contribution is -2.61. The van der Waals surface area contributed by atoms with Crippen molar-refractivity contribution in [1.29, 1.82) is 0 Å². The van der Waals surface area contributed by atoms with Crippen molar-refractivity contribution in [1.82, 2.24) is 19.6 Å². The van der Waals surface area contributed by atoms with Gasteiger partial charge in [0.05, 0.1) is 18.4 Å². The second-order valence-corrected chi connectivity index (χ2v) is 8.56. The summed E-state index contributed by atoms with van der Waals surface area (Å²) in [6.45, 7) is 3.87. The van der Waals surface area contributed by atoms with Gasteiger partial charge in [-0.2, -0.15) is 4.99 Å². The number of ether oxygens (including phenoxy) is 1. The number of nitrogens with one attached hydrogen (secondary N) is 1. The van der Waals surface area contributed by atoms with Crippen LogP contribution in [0.1, 0.15) is 33.1 Å². The first kappa shape index (κ1) is 21.7. The predicted octanol–water partition coefficient (Wildman–Crippen LogP) is 0.685. The van der Waals surface area contributed by atoms with E-state index in [4.69, 9.17) is 4.74 Å². The second-order valence-electron chi connectivity index (χ2n) is 6.97. The van der Waals surface area contributed by atoms with Gasteiger partial charge in [-0.1, -0.05) is 13.3 Å². The molecule has 0 bridgehead atoms. The Morgan fingerprint density at radius 1 is 1.50 bits per heavy atom. The number of alkyl carbamates (subject to hydrolysis) is 1. The lowest BCUT2D eigenvalue weighted by Gasteiger charge is -2.50. The first-order valence-corrected chi connectivity index (χ1v) is 10.3. The van der Waals surface area contributed by atoms with E-state index >= 15 is 0 Å². The van der Waals surface area contributed by atoms with Crippen LogP contribution in [-0.4, -0.2) is 60.6 Å². The fraction of sp³-hybridized carbons (Fsp3) is 0.500. The number of thioether (sulfide) groups is 1. The minimum absolute atomic E-state index is 0.145. The number of amides is 3. The van der Waals surface area contributed by atoms with Crippen LogP contribution in [0.5, 0.6) is 0 Å². The standard InChI is InChI=1S/C18H23N5O6S/c1-4-5-8-29-17(28)20-18(2)15(22-7-6-11(19-10-24)21(22)3)14(16(26)27)23-12(25)9-13(23)30-18/h6-7,10,13H,4-5,8-9H2,1-3H3,(H,20,28)(H,26,27)/t13-,18?/m1/s1. The molecule has 0 saturated carbocycles. The van der Waals surface area contributed by atoms with E-state index in [1.165, 1.54) is 38.3 Å². The molecule has 0 aliphatic carbocycles. The number of hydrogen-bond donors (Lipinski definition) is 2. The number of hydrogen-bond acceptors (Lipinski definition) is 6. The Morgan fingerprint density at radius 2 is 2.23 bits per heavy atom. The monoisotopic (exact) mass is 437 g/mol. The quantitative estimate of drug-likeness (QED) is 0.364. The number of carbonyl (C=O) groups excluding carboxylic acids is 3. The summed E-state index contributed by atoms with van der Waals surface area (Å²) in [5.74, 6) is -1.62. The van der Waals surface area contributed by atoms with Crippen LogP contribution in [0, 0.1) is 0 Å². The average Bonchev–Trinajstić information content (AvgIpc) is 3.01. The number of carbonyl (C=O) groups is 4. The number of fused-ring (bicyclic) bond motifs is 1. The molecule has 3 heterocycles. The molecule has 3 rings (SSSR count). The van der Waals surface area contributed by atoms with Crippen LogP contribution in [0.2, 0.25) is 0 Å². The highest BCUT2D eigenvalue weighted by atomic mass is 32.2.